The average Bonchev–Trinajstić information content (AvgIpc) is 3.52. The standard InChI is InChI=1S/C22H26ClN5O4/c23-9-16-18(29)19(30)22(32-16)28-12-26-17-20(24-11-25-21(17)28)27-14-7-4-8-15(14)31-10-13-5-2-1-3-6-13/h1-3,5-6,11-12,14-16,18-19,22,29-30H,4,7-10H2,(H,24,25,27)/t14?,15?,16-,18-,19-,22?/m1/s1. The lowest BCUT2D eigenvalue weighted by Crippen LogP contribution is -2.32. The fourth-order valence-electron chi connectivity index (χ4n) is 4.47. The molecule has 1 aliphatic heterocycles. The molecule has 9 nitrogen and oxygen atoms in total. The third-order valence-corrected chi connectivity index (χ3v) is 6.51. The zero-order valence-corrected chi connectivity index (χ0v) is 18.2. The number of anilines is 1. The number of imidazole rings is 1. The van der Waals surface area contributed by atoms with E-state index in [0.29, 0.717) is 23.6 Å². The van der Waals surface area contributed by atoms with Crippen LogP contribution in [-0.2, 0) is 16.1 Å². The van der Waals surface area contributed by atoms with Crippen LogP contribution in [0.3, 0.4) is 0 Å². The summed E-state index contributed by atoms with van der Waals surface area (Å²) in [5, 5.41) is 24.1. The molecule has 0 bridgehead atoms. The number of halogens is 1. The predicted octanol–water partition coefficient (Wildman–Crippen LogP) is 2.23. The van der Waals surface area contributed by atoms with Crippen molar-refractivity contribution in [3.63, 3.8) is 0 Å². The molecule has 2 aromatic heterocycles. The van der Waals surface area contributed by atoms with E-state index in [1.54, 1.807) is 10.9 Å². The van der Waals surface area contributed by atoms with Crippen LogP contribution in [0, 0.1) is 0 Å². The number of rotatable bonds is 7. The van der Waals surface area contributed by atoms with Crippen LogP contribution in [0.1, 0.15) is 31.1 Å². The Morgan fingerprint density at radius 3 is 2.75 bits per heavy atom. The van der Waals surface area contributed by atoms with Gasteiger partial charge >= 0.3 is 0 Å². The van der Waals surface area contributed by atoms with E-state index >= 15 is 0 Å². The van der Waals surface area contributed by atoms with Crippen LogP contribution < -0.4 is 5.32 Å². The summed E-state index contributed by atoms with van der Waals surface area (Å²) in [6, 6.07) is 10.2. The number of alkyl halides is 1. The molecule has 1 aromatic carbocycles. The molecule has 2 aliphatic rings. The smallest absolute Gasteiger partial charge is 0.167 e. The minimum absolute atomic E-state index is 0.0712. The van der Waals surface area contributed by atoms with Gasteiger partial charge in [0.05, 0.1) is 31.0 Å². The number of nitrogens with one attached hydrogen (secondary N) is 1. The van der Waals surface area contributed by atoms with Crippen molar-refractivity contribution >= 4 is 28.6 Å². The van der Waals surface area contributed by atoms with Crippen LogP contribution in [0.15, 0.2) is 43.0 Å². The molecule has 0 spiro atoms. The molecule has 3 unspecified atom stereocenters. The lowest BCUT2D eigenvalue weighted by atomic mass is 10.1. The van der Waals surface area contributed by atoms with Gasteiger partial charge < -0.3 is 25.0 Å². The highest BCUT2D eigenvalue weighted by molar-refractivity contribution is 6.18. The molecule has 5 rings (SSSR count). The molecular weight excluding hydrogens is 434 g/mol. The van der Waals surface area contributed by atoms with Gasteiger partial charge in [-0.25, -0.2) is 15.0 Å². The quantitative estimate of drug-likeness (QED) is 0.461. The van der Waals surface area contributed by atoms with Crippen LogP contribution in [0.2, 0.25) is 0 Å². The van der Waals surface area contributed by atoms with Gasteiger partial charge in [0.25, 0.3) is 0 Å². The van der Waals surface area contributed by atoms with Crippen LogP contribution in [-0.4, -0.2) is 66.1 Å². The first-order valence-corrected chi connectivity index (χ1v) is 11.4. The molecule has 3 N–H and O–H groups in total. The predicted molar refractivity (Wildman–Crippen MR) is 118 cm³/mol. The third kappa shape index (κ3) is 4.06. The number of aromatic nitrogens is 4. The first kappa shape index (κ1) is 21.5. The lowest BCUT2D eigenvalue weighted by molar-refractivity contribution is -0.0291. The number of hydrogen-bond acceptors (Lipinski definition) is 8. The molecule has 0 radical (unpaired) electrons. The van der Waals surface area contributed by atoms with Crippen molar-refractivity contribution in [1.82, 2.24) is 19.5 Å². The SMILES string of the molecule is O[C@@H]1[C@@H](CCl)OC(n2cnc3c(NC4CCCC4OCc4ccccc4)ncnc32)[C@@H]1O. The van der Waals surface area contributed by atoms with Crippen molar-refractivity contribution in [2.75, 3.05) is 11.2 Å². The first-order valence-electron chi connectivity index (χ1n) is 10.8. The highest BCUT2D eigenvalue weighted by Crippen LogP contribution is 2.33. The Kier molecular flexibility index (Phi) is 6.25. The summed E-state index contributed by atoms with van der Waals surface area (Å²) >= 11 is 5.84. The van der Waals surface area contributed by atoms with E-state index < -0.39 is 24.5 Å². The van der Waals surface area contributed by atoms with Crippen molar-refractivity contribution in [1.29, 1.82) is 0 Å². The molecule has 2 fully saturated rings. The monoisotopic (exact) mass is 459 g/mol. The molecule has 1 aliphatic carbocycles. The molecular formula is C22H26ClN5O4. The van der Waals surface area contributed by atoms with Gasteiger partial charge in [0.2, 0.25) is 0 Å². The van der Waals surface area contributed by atoms with Gasteiger partial charge in [-0.3, -0.25) is 4.57 Å². The fourth-order valence-corrected chi connectivity index (χ4v) is 4.73. The minimum atomic E-state index is -1.13. The van der Waals surface area contributed by atoms with Gasteiger partial charge in [0.15, 0.2) is 23.2 Å². The maximum absolute atomic E-state index is 10.4. The van der Waals surface area contributed by atoms with Crippen LogP contribution in [0.25, 0.3) is 11.2 Å². The zero-order valence-electron chi connectivity index (χ0n) is 17.4. The van der Waals surface area contributed by atoms with Crippen molar-refractivity contribution in [2.45, 2.75) is 62.6 Å². The van der Waals surface area contributed by atoms with Gasteiger partial charge in [-0.1, -0.05) is 30.3 Å². The number of fused-ring (bicyclic) bond motifs is 1. The highest BCUT2D eigenvalue weighted by atomic mass is 35.5. The Morgan fingerprint density at radius 2 is 1.97 bits per heavy atom. The van der Waals surface area contributed by atoms with Gasteiger partial charge in [0, 0.05) is 0 Å². The summed E-state index contributed by atoms with van der Waals surface area (Å²) in [6.45, 7) is 0.568. The Hall–Kier alpha value is -2.30. The first-order chi connectivity index (χ1) is 15.7. The number of benzene rings is 1. The summed E-state index contributed by atoms with van der Waals surface area (Å²) in [5.41, 5.74) is 2.23. The van der Waals surface area contributed by atoms with Gasteiger partial charge in [-0.05, 0) is 24.8 Å². The Bertz CT molecular complexity index is 1050. The topological polar surface area (TPSA) is 115 Å². The Balaban J connectivity index is 1.33. The van der Waals surface area contributed by atoms with E-state index in [1.807, 2.05) is 18.2 Å². The summed E-state index contributed by atoms with van der Waals surface area (Å²) in [7, 11) is 0. The second-order valence-electron chi connectivity index (χ2n) is 8.26. The van der Waals surface area contributed by atoms with E-state index in [0.717, 1.165) is 24.8 Å². The maximum Gasteiger partial charge on any atom is 0.167 e. The molecule has 3 heterocycles. The fraction of sp³-hybridized carbons (Fsp3) is 0.500. The summed E-state index contributed by atoms with van der Waals surface area (Å²) < 4.78 is 13.6. The molecule has 0 amide bonds. The molecule has 1 saturated heterocycles. The molecule has 10 heteroatoms. The zero-order chi connectivity index (χ0) is 22.1. The van der Waals surface area contributed by atoms with Crippen LogP contribution >= 0.6 is 11.6 Å². The van der Waals surface area contributed by atoms with E-state index in [9.17, 15) is 10.2 Å². The van der Waals surface area contributed by atoms with Gasteiger partial charge in [0.1, 0.15) is 24.6 Å². The normalized spacial score (nSPS) is 30.2. The van der Waals surface area contributed by atoms with E-state index in [4.69, 9.17) is 21.1 Å². The maximum atomic E-state index is 10.4. The second kappa shape index (κ2) is 9.29. The number of aliphatic hydroxyl groups excluding tert-OH is 2. The Morgan fingerprint density at radius 1 is 1.12 bits per heavy atom. The molecule has 170 valence electrons. The van der Waals surface area contributed by atoms with E-state index in [-0.39, 0.29) is 18.0 Å². The molecule has 3 aromatic rings. The highest BCUT2D eigenvalue weighted by Gasteiger charge is 2.44. The van der Waals surface area contributed by atoms with Crippen molar-refractivity contribution < 1.29 is 19.7 Å². The largest absolute Gasteiger partial charge is 0.387 e. The summed E-state index contributed by atoms with van der Waals surface area (Å²) in [4.78, 5) is 13.2. The molecule has 1 saturated carbocycles. The molecule has 6 atom stereocenters. The minimum Gasteiger partial charge on any atom is -0.387 e. The number of ether oxygens (including phenoxy) is 2. The van der Waals surface area contributed by atoms with E-state index in [2.05, 4.69) is 32.4 Å². The van der Waals surface area contributed by atoms with Crippen LogP contribution in [0.5, 0.6) is 0 Å². The third-order valence-electron chi connectivity index (χ3n) is 6.20. The average molecular weight is 460 g/mol. The molecule has 32 heavy (non-hydrogen) atoms. The van der Waals surface area contributed by atoms with Crippen molar-refractivity contribution in [2.24, 2.45) is 0 Å². The summed E-state index contributed by atoms with van der Waals surface area (Å²) in [5.74, 6) is 0.686. The van der Waals surface area contributed by atoms with Gasteiger partial charge in [-0.15, -0.1) is 11.6 Å². The number of hydrogen-bond donors (Lipinski definition) is 3. The van der Waals surface area contributed by atoms with Crippen molar-refractivity contribution in [3.8, 4) is 0 Å². The van der Waals surface area contributed by atoms with Crippen LogP contribution in [0.4, 0.5) is 5.82 Å². The second-order valence-corrected chi connectivity index (χ2v) is 8.57. The van der Waals surface area contributed by atoms with Crippen molar-refractivity contribution in [3.05, 3.63) is 48.5 Å². The summed E-state index contributed by atoms with van der Waals surface area (Å²) in [6.07, 6.45) is 2.40. The lowest BCUT2D eigenvalue weighted by Gasteiger charge is -2.22. The number of aliphatic hydroxyl groups is 2. The Labute approximate surface area is 190 Å². The van der Waals surface area contributed by atoms with Gasteiger partial charge in [-0.2, -0.15) is 0 Å². The van der Waals surface area contributed by atoms with E-state index in [1.165, 1.54) is 6.33 Å². The number of nitrogens with zero attached hydrogens (tertiary/aromatic N) is 4.